The fourth-order valence-corrected chi connectivity index (χ4v) is 4.19. The monoisotopic (exact) mass is 372 g/mol. The molecule has 0 saturated heterocycles. The van der Waals surface area contributed by atoms with E-state index in [1.54, 1.807) is 6.08 Å². The Balaban J connectivity index is 1.46. The number of rotatable bonds is 5. The summed E-state index contributed by atoms with van der Waals surface area (Å²) < 4.78 is 6.11. The van der Waals surface area contributed by atoms with Gasteiger partial charge in [0.05, 0.1) is 10.2 Å². The van der Waals surface area contributed by atoms with Crippen molar-refractivity contribution in [2.24, 2.45) is 11.8 Å². The molecule has 0 radical (unpaired) electrons. The Bertz CT molecular complexity index is 781. The molecule has 138 valence electrons. The molecule has 3 rings (SSSR count). The van der Waals surface area contributed by atoms with Crippen LogP contribution in [0, 0.1) is 11.8 Å². The van der Waals surface area contributed by atoms with E-state index in [1.165, 1.54) is 23.8 Å². The molecule has 1 saturated carbocycles. The van der Waals surface area contributed by atoms with Crippen molar-refractivity contribution in [1.29, 1.82) is 0 Å². The first-order valence-electron chi connectivity index (χ1n) is 9.02. The number of ether oxygens (including phenoxy) is 1. The number of carbonyl (C=O) groups excluding carboxylic acids is 2. The van der Waals surface area contributed by atoms with Gasteiger partial charge in [0, 0.05) is 12.1 Å². The number of aromatic nitrogens is 1. The van der Waals surface area contributed by atoms with E-state index in [9.17, 15) is 9.59 Å². The normalized spacial score (nSPS) is 23.2. The smallest absolute Gasteiger partial charge is 0.331 e. The average Bonchev–Trinajstić information content (AvgIpc) is 3.05. The van der Waals surface area contributed by atoms with Gasteiger partial charge < -0.3 is 10.1 Å². The van der Waals surface area contributed by atoms with Crippen molar-refractivity contribution in [3.63, 3.8) is 0 Å². The number of fused-ring (bicyclic) bond motifs is 1. The van der Waals surface area contributed by atoms with Crippen LogP contribution in [0.25, 0.3) is 16.3 Å². The highest BCUT2D eigenvalue weighted by atomic mass is 32.1. The summed E-state index contributed by atoms with van der Waals surface area (Å²) >= 11 is 1.50. The molecule has 0 spiro atoms. The number of nitrogens with one attached hydrogen (secondary N) is 1. The molecule has 0 bridgehead atoms. The predicted octanol–water partition coefficient (Wildman–Crippen LogP) is 3.79. The van der Waals surface area contributed by atoms with Gasteiger partial charge in [-0.05, 0) is 36.5 Å². The molecule has 1 aliphatic carbocycles. The van der Waals surface area contributed by atoms with Crippen LogP contribution in [0.4, 0.5) is 0 Å². The maximum Gasteiger partial charge on any atom is 0.331 e. The minimum absolute atomic E-state index is 0.170. The molecule has 1 fully saturated rings. The lowest BCUT2D eigenvalue weighted by molar-refractivity contribution is -0.144. The van der Waals surface area contributed by atoms with Gasteiger partial charge in [0.2, 0.25) is 0 Å². The third-order valence-corrected chi connectivity index (χ3v) is 6.07. The maximum atomic E-state index is 12.0. The molecule has 1 heterocycles. The summed E-state index contributed by atoms with van der Waals surface area (Å²) in [5.74, 6) is 0.276. The number of nitrogens with zero attached hydrogens (tertiary/aromatic N) is 1. The van der Waals surface area contributed by atoms with E-state index >= 15 is 0 Å². The van der Waals surface area contributed by atoms with Crippen LogP contribution in [-0.4, -0.2) is 29.5 Å². The predicted molar refractivity (Wildman–Crippen MR) is 104 cm³/mol. The van der Waals surface area contributed by atoms with Crippen molar-refractivity contribution in [2.45, 2.75) is 39.2 Å². The number of para-hydroxylation sites is 1. The lowest BCUT2D eigenvalue weighted by Crippen LogP contribution is -2.45. The maximum absolute atomic E-state index is 12.0. The number of amides is 1. The van der Waals surface area contributed by atoms with Crippen LogP contribution in [0.3, 0.4) is 0 Å². The summed E-state index contributed by atoms with van der Waals surface area (Å²) in [6, 6.07) is 7.97. The second-order valence-corrected chi connectivity index (χ2v) is 7.96. The minimum Gasteiger partial charge on any atom is -0.452 e. The molecular formula is C20H24N2O3S. The van der Waals surface area contributed by atoms with Crippen molar-refractivity contribution in [1.82, 2.24) is 10.3 Å². The van der Waals surface area contributed by atoms with E-state index in [2.05, 4.69) is 24.1 Å². The first-order valence-corrected chi connectivity index (χ1v) is 9.84. The first-order chi connectivity index (χ1) is 12.5. The third-order valence-electron chi connectivity index (χ3n) is 5.07. The van der Waals surface area contributed by atoms with E-state index in [-0.39, 0.29) is 18.6 Å². The Morgan fingerprint density at radius 2 is 2.12 bits per heavy atom. The van der Waals surface area contributed by atoms with Crippen LogP contribution >= 0.6 is 11.3 Å². The molecule has 1 aromatic heterocycles. The Kier molecular flexibility index (Phi) is 6.04. The van der Waals surface area contributed by atoms with E-state index in [1.807, 2.05) is 24.3 Å². The summed E-state index contributed by atoms with van der Waals surface area (Å²) in [6.45, 7) is 4.14. The van der Waals surface area contributed by atoms with Gasteiger partial charge in [0.1, 0.15) is 5.01 Å². The molecule has 5 nitrogen and oxygen atoms in total. The highest BCUT2D eigenvalue weighted by Gasteiger charge is 2.28. The van der Waals surface area contributed by atoms with E-state index in [4.69, 9.17) is 4.74 Å². The Labute approximate surface area is 157 Å². The highest BCUT2D eigenvalue weighted by Crippen LogP contribution is 2.29. The van der Waals surface area contributed by atoms with Crippen molar-refractivity contribution < 1.29 is 14.3 Å². The fourth-order valence-electron chi connectivity index (χ4n) is 3.32. The highest BCUT2D eigenvalue weighted by molar-refractivity contribution is 7.19. The number of esters is 1. The topological polar surface area (TPSA) is 68.3 Å². The molecule has 1 aromatic carbocycles. The second-order valence-electron chi connectivity index (χ2n) is 6.90. The van der Waals surface area contributed by atoms with Gasteiger partial charge in [0.15, 0.2) is 6.61 Å². The lowest BCUT2D eigenvalue weighted by Gasteiger charge is -2.34. The summed E-state index contributed by atoms with van der Waals surface area (Å²) in [4.78, 5) is 28.3. The Hall–Kier alpha value is -2.21. The average molecular weight is 372 g/mol. The molecule has 6 heteroatoms. The number of hydrogen-bond donors (Lipinski definition) is 1. The minimum atomic E-state index is -0.538. The van der Waals surface area contributed by atoms with Crippen LogP contribution in [0.1, 0.15) is 38.1 Å². The summed E-state index contributed by atoms with van der Waals surface area (Å²) in [6.07, 6.45) is 6.26. The first kappa shape index (κ1) is 18.6. The van der Waals surface area contributed by atoms with Crippen molar-refractivity contribution in [3.8, 4) is 0 Å². The number of thiazole rings is 1. The third kappa shape index (κ3) is 4.69. The molecule has 1 amide bonds. The molecule has 26 heavy (non-hydrogen) atoms. The molecule has 0 aliphatic heterocycles. The van der Waals surface area contributed by atoms with Crippen molar-refractivity contribution in [2.75, 3.05) is 6.61 Å². The van der Waals surface area contributed by atoms with Crippen LogP contribution in [0.15, 0.2) is 30.3 Å². The summed E-state index contributed by atoms with van der Waals surface area (Å²) in [7, 11) is 0. The van der Waals surface area contributed by atoms with E-state index in [0.29, 0.717) is 11.8 Å². The largest absolute Gasteiger partial charge is 0.452 e. The summed E-state index contributed by atoms with van der Waals surface area (Å²) in [5.41, 5.74) is 0.903. The standard InChI is InChI=1S/C20H24N2O3S/c1-13-6-5-8-15(14(13)2)21-18(23)12-25-20(24)11-10-19-22-16-7-3-4-9-17(16)26-19/h3-4,7,9-11,13-15H,5-6,8,12H2,1-2H3,(H,21,23)/b11-10+/t13-,14-,15-/m1/s1. The zero-order chi connectivity index (χ0) is 18.5. The second kappa shape index (κ2) is 8.45. The zero-order valence-corrected chi connectivity index (χ0v) is 15.9. The van der Waals surface area contributed by atoms with Crippen LogP contribution in [-0.2, 0) is 14.3 Å². The van der Waals surface area contributed by atoms with Gasteiger partial charge in [-0.2, -0.15) is 0 Å². The number of carbonyl (C=O) groups is 2. The van der Waals surface area contributed by atoms with Crippen LogP contribution in [0.2, 0.25) is 0 Å². The quantitative estimate of drug-likeness (QED) is 0.640. The lowest BCUT2D eigenvalue weighted by atomic mass is 9.78. The van der Waals surface area contributed by atoms with Gasteiger partial charge in [-0.25, -0.2) is 9.78 Å². The van der Waals surface area contributed by atoms with E-state index < -0.39 is 5.97 Å². The van der Waals surface area contributed by atoms with Gasteiger partial charge in [-0.3, -0.25) is 4.79 Å². The van der Waals surface area contributed by atoms with Crippen LogP contribution < -0.4 is 5.32 Å². The van der Waals surface area contributed by atoms with Gasteiger partial charge in [0.25, 0.3) is 5.91 Å². The number of benzene rings is 1. The van der Waals surface area contributed by atoms with E-state index in [0.717, 1.165) is 28.1 Å². The fraction of sp³-hybridized carbons (Fsp3) is 0.450. The Morgan fingerprint density at radius 3 is 2.92 bits per heavy atom. The molecular weight excluding hydrogens is 348 g/mol. The molecule has 1 aliphatic rings. The summed E-state index contributed by atoms with van der Waals surface area (Å²) in [5, 5.41) is 3.73. The molecule has 1 N–H and O–H groups in total. The molecule has 3 atom stereocenters. The van der Waals surface area contributed by atoms with Gasteiger partial charge in [-0.1, -0.05) is 38.8 Å². The Morgan fingerprint density at radius 1 is 1.31 bits per heavy atom. The van der Waals surface area contributed by atoms with Crippen molar-refractivity contribution in [3.05, 3.63) is 35.3 Å². The molecule has 0 unspecified atom stereocenters. The van der Waals surface area contributed by atoms with Gasteiger partial charge >= 0.3 is 5.97 Å². The number of hydrogen-bond acceptors (Lipinski definition) is 5. The SMILES string of the molecule is C[C@@H]1[C@H](C)CCC[C@H]1NC(=O)COC(=O)/C=C/c1nc2ccccc2s1. The van der Waals surface area contributed by atoms with Crippen molar-refractivity contribution >= 4 is 39.5 Å². The van der Waals surface area contributed by atoms with Gasteiger partial charge in [-0.15, -0.1) is 11.3 Å². The molecule has 2 aromatic rings. The zero-order valence-electron chi connectivity index (χ0n) is 15.1. The van der Waals surface area contributed by atoms with Crippen LogP contribution in [0.5, 0.6) is 0 Å².